The molecule has 0 unspecified atom stereocenters. The molecule has 0 saturated carbocycles. The lowest BCUT2D eigenvalue weighted by Gasteiger charge is -2.21. The zero-order valence-electron chi connectivity index (χ0n) is 13.9. The molecular weight excluding hydrogens is 383 g/mol. The number of hydrogen-bond acceptors (Lipinski definition) is 7. The van der Waals surface area contributed by atoms with Gasteiger partial charge < -0.3 is 14.9 Å². The Kier molecular flexibility index (Phi) is 5.18. The quantitative estimate of drug-likeness (QED) is 0.837. The molecule has 0 atom stereocenters. The lowest BCUT2D eigenvalue weighted by molar-refractivity contribution is -0.138. The van der Waals surface area contributed by atoms with Crippen molar-refractivity contribution in [1.82, 2.24) is 15.1 Å². The summed E-state index contributed by atoms with van der Waals surface area (Å²) < 4.78 is 38.1. The summed E-state index contributed by atoms with van der Waals surface area (Å²) in [4.78, 5) is 15.9. The molecule has 27 heavy (non-hydrogen) atoms. The van der Waals surface area contributed by atoms with Gasteiger partial charge in [0, 0.05) is 31.7 Å². The van der Waals surface area contributed by atoms with Crippen molar-refractivity contribution < 1.29 is 23.1 Å². The van der Waals surface area contributed by atoms with Crippen molar-refractivity contribution in [3.63, 3.8) is 0 Å². The number of benzene rings is 1. The maximum atomic E-state index is 12.7. The van der Waals surface area contributed by atoms with E-state index in [2.05, 4.69) is 10.2 Å². The largest absolute Gasteiger partial charge is 0.508 e. The van der Waals surface area contributed by atoms with Crippen LogP contribution in [0.1, 0.15) is 27.3 Å². The first-order valence-corrected chi connectivity index (χ1v) is 8.78. The molecule has 2 aromatic rings. The molecule has 1 aliphatic rings. The normalized spacial score (nSPS) is 15.3. The van der Waals surface area contributed by atoms with Crippen molar-refractivity contribution in [3.8, 4) is 11.8 Å². The van der Waals surface area contributed by atoms with E-state index in [1.165, 1.54) is 18.2 Å². The SMILES string of the molecule is N#Cc1cc(O)cc(C(=O)N2CCCN(c3nnc(C(F)(F)F)s3)CC2)c1. The Morgan fingerprint density at radius 1 is 1.19 bits per heavy atom. The molecule has 1 aromatic heterocycles. The number of aromatic nitrogens is 2. The molecule has 7 nitrogen and oxygen atoms in total. The number of phenols is 1. The number of anilines is 1. The summed E-state index contributed by atoms with van der Waals surface area (Å²) in [6.45, 7) is 1.43. The molecule has 1 fully saturated rings. The zero-order chi connectivity index (χ0) is 19.6. The number of aromatic hydroxyl groups is 1. The van der Waals surface area contributed by atoms with Crippen molar-refractivity contribution in [1.29, 1.82) is 5.26 Å². The first-order valence-electron chi connectivity index (χ1n) is 7.97. The minimum absolute atomic E-state index is 0.167. The Morgan fingerprint density at radius 2 is 1.96 bits per heavy atom. The van der Waals surface area contributed by atoms with E-state index in [9.17, 15) is 23.1 Å². The van der Waals surface area contributed by atoms with E-state index in [4.69, 9.17) is 5.26 Å². The minimum Gasteiger partial charge on any atom is -0.508 e. The number of carbonyl (C=O) groups is 1. The number of phenolic OH excluding ortho intramolecular Hbond substituents is 1. The van der Waals surface area contributed by atoms with Gasteiger partial charge in [-0.3, -0.25) is 4.79 Å². The third-order valence-corrected chi connectivity index (χ3v) is 5.03. The van der Waals surface area contributed by atoms with Crippen molar-refractivity contribution in [3.05, 3.63) is 34.3 Å². The average molecular weight is 397 g/mol. The Labute approximate surface area is 156 Å². The van der Waals surface area contributed by atoms with E-state index in [0.29, 0.717) is 37.4 Å². The number of rotatable bonds is 2. The van der Waals surface area contributed by atoms with Gasteiger partial charge >= 0.3 is 6.18 Å². The average Bonchev–Trinajstić information content (AvgIpc) is 3.00. The third kappa shape index (κ3) is 4.28. The van der Waals surface area contributed by atoms with Crippen LogP contribution >= 0.6 is 11.3 Å². The van der Waals surface area contributed by atoms with Gasteiger partial charge in [0.05, 0.1) is 11.6 Å². The number of carbonyl (C=O) groups excluding carboxylic acids is 1. The molecule has 1 amide bonds. The van der Waals surface area contributed by atoms with Gasteiger partial charge in [0.1, 0.15) is 5.75 Å². The van der Waals surface area contributed by atoms with Crippen LogP contribution in [0.15, 0.2) is 18.2 Å². The topological polar surface area (TPSA) is 93.3 Å². The molecule has 1 saturated heterocycles. The van der Waals surface area contributed by atoms with Crippen LogP contribution in [0.4, 0.5) is 18.3 Å². The number of hydrogen-bond donors (Lipinski definition) is 1. The van der Waals surface area contributed by atoms with Gasteiger partial charge in [-0.2, -0.15) is 18.4 Å². The van der Waals surface area contributed by atoms with Gasteiger partial charge in [0.25, 0.3) is 5.91 Å². The minimum atomic E-state index is -4.53. The van der Waals surface area contributed by atoms with Crippen LogP contribution in [-0.4, -0.2) is 52.3 Å². The predicted octanol–water partition coefficient (Wildman–Crippen LogP) is 2.49. The van der Waals surface area contributed by atoms with Crippen molar-refractivity contribution in [2.24, 2.45) is 0 Å². The number of halogens is 3. The van der Waals surface area contributed by atoms with Crippen molar-refractivity contribution >= 4 is 22.4 Å². The maximum Gasteiger partial charge on any atom is 0.445 e. The van der Waals surface area contributed by atoms with Gasteiger partial charge in [-0.05, 0) is 24.6 Å². The first-order chi connectivity index (χ1) is 12.8. The Balaban J connectivity index is 1.71. The van der Waals surface area contributed by atoms with E-state index in [1.54, 1.807) is 9.80 Å². The third-order valence-electron chi connectivity index (χ3n) is 4.00. The summed E-state index contributed by atoms with van der Waals surface area (Å²) in [5.41, 5.74) is 0.360. The molecule has 142 valence electrons. The fraction of sp³-hybridized carbons (Fsp3) is 0.375. The number of alkyl halides is 3. The van der Waals surface area contributed by atoms with E-state index in [0.717, 1.165) is 0 Å². The van der Waals surface area contributed by atoms with E-state index >= 15 is 0 Å². The lowest BCUT2D eigenvalue weighted by atomic mass is 10.1. The standard InChI is InChI=1S/C16H14F3N5O2S/c17-16(18,19)14-21-22-15(27-14)24-3-1-2-23(4-5-24)13(26)11-6-10(9-20)7-12(25)8-11/h6-8,25H,1-5H2. The molecule has 11 heteroatoms. The van der Waals surface area contributed by atoms with Gasteiger partial charge in [0.2, 0.25) is 10.1 Å². The van der Waals surface area contributed by atoms with E-state index < -0.39 is 11.2 Å². The Bertz CT molecular complexity index is 893. The predicted molar refractivity (Wildman–Crippen MR) is 90.5 cm³/mol. The second-order valence-corrected chi connectivity index (χ2v) is 6.86. The number of nitrogens with zero attached hydrogens (tertiary/aromatic N) is 5. The van der Waals surface area contributed by atoms with Gasteiger partial charge in [-0.1, -0.05) is 11.3 Å². The highest BCUT2D eigenvalue weighted by Crippen LogP contribution is 2.34. The van der Waals surface area contributed by atoms with Crippen LogP contribution in [0, 0.1) is 11.3 Å². The lowest BCUT2D eigenvalue weighted by Crippen LogP contribution is -2.35. The second-order valence-electron chi connectivity index (χ2n) is 5.90. The summed E-state index contributed by atoms with van der Waals surface area (Å²) in [5, 5.41) is 24.6. The second kappa shape index (κ2) is 7.40. The molecule has 1 N–H and O–H groups in total. The molecule has 3 rings (SSSR count). The van der Waals surface area contributed by atoms with Gasteiger partial charge in [-0.25, -0.2) is 0 Å². The molecule has 0 radical (unpaired) electrons. The molecule has 1 aromatic carbocycles. The monoisotopic (exact) mass is 397 g/mol. The summed E-state index contributed by atoms with van der Waals surface area (Å²) in [6, 6.07) is 5.81. The summed E-state index contributed by atoms with van der Waals surface area (Å²) in [5.74, 6) is -0.528. The summed E-state index contributed by atoms with van der Waals surface area (Å²) in [6.07, 6.45) is -3.99. The highest BCUT2D eigenvalue weighted by molar-refractivity contribution is 7.15. The van der Waals surface area contributed by atoms with Crippen LogP contribution < -0.4 is 4.90 Å². The van der Waals surface area contributed by atoms with Crippen LogP contribution in [0.5, 0.6) is 5.75 Å². The fourth-order valence-corrected chi connectivity index (χ4v) is 3.52. The van der Waals surface area contributed by atoms with Gasteiger partial charge in [-0.15, -0.1) is 10.2 Å². The van der Waals surface area contributed by atoms with Crippen LogP contribution in [0.3, 0.4) is 0 Å². The smallest absolute Gasteiger partial charge is 0.445 e. The van der Waals surface area contributed by atoms with E-state index in [1.807, 2.05) is 6.07 Å². The highest BCUT2D eigenvalue weighted by Gasteiger charge is 2.36. The van der Waals surface area contributed by atoms with Crippen LogP contribution in [0.2, 0.25) is 0 Å². The molecule has 1 aliphatic heterocycles. The summed E-state index contributed by atoms with van der Waals surface area (Å²) >= 11 is 0.475. The Hall–Kier alpha value is -2.87. The molecule has 2 heterocycles. The number of amides is 1. The van der Waals surface area contributed by atoms with Gasteiger partial charge in [0.15, 0.2) is 0 Å². The number of nitriles is 1. The fourth-order valence-electron chi connectivity index (χ4n) is 2.75. The highest BCUT2D eigenvalue weighted by atomic mass is 32.1. The molecule has 0 bridgehead atoms. The summed E-state index contributed by atoms with van der Waals surface area (Å²) in [7, 11) is 0. The molecule has 0 spiro atoms. The zero-order valence-corrected chi connectivity index (χ0v) is 14.7. The van der Waals surface area contributed by atoms with Crippen molar-refractivity contribution in [2.45, 2.75) is 12.6 Å². The molecular formula is C16H14F3N5O2S. The van der Waals surface area contributed by atoms with E-state index in [-0.39, 0.29) is 34.5 Å². The molecule has 0 aliphatic carbocycles. The van der Waals surface area contributed by atoms with Crippen molar-refractivity contribution in [2.75, 3.05) is 31.1 Å². The van der Waals surface area contributed by atoms with Crippen LogP contribution in [-0.2, 0) is 6.18 Å². The first kappa shape index (κ1) is 18.9. The maximum absolute atomic E-state index is 12.7. The Morgan fingerprint density at radius 3 is 2.63 bits per heavy atom. The van der Waals surface area contributed by atoms with Crippen LogP contribution in [0.25, 0.3) is 0 Å².